The molecule has 1 aromatic rings. The van der Waals surface area contributed by atoms with Crippen LogP contribution in [0.25, 0.3) is 0 Å². The van der Waals surface area contributed by atoms with Gasteiger partial charge in [0, 0.05) is 19.6 Å². The molecule has 0 fully saturated rings. The quantitative estimate of drug-likeness (QED) is 0.682. The number of nitrogens with one attached hydrogen (secondary N) is 1. The van der Waals surface area contributed by atoms with Gasteiger partial charge < -0.3 is 15.0 Å². The van der Waals surface area contributed by atoms with Gasteiger partial charge in [-0.2, -0.15) is 0 Å². The first-order chi connectivity index (χ1) is 8.76. The van der Waals surface area contributed by atoms with E-state index in [1.165, 1.54) is 5.56 Å². The third-order valence-corrected chi connectivity index (χ3v) is 2.94. The van der Waals surface area contributed by atoms with Crippen molar-refractivity contribution in [1.82, 2.24) is 10.2 Å². The standard InChI is InChI=1S/C15H26N2O/c1-4-12-18-15-8-6-14(7-9-15)13-16-10-11-17(3)5-2/h6-9,16H,4-5,10-13H2,1-3H3. The fraction of sp³-hybridized carbons (Fsp3) is 0.600. The summed E-state index contributed by atoms with van der Waals surface area (Å²) in [5.74, 6) is 0.964. The molecule has 0 bridgehead atoms. The molecule has 0 aliphatic carbocycles. The molecule has 0 amide bonds. The van der Waals surface area contributed by atoms with Crippen molar-refractivity contribution in [3.8, 4) is 5.75 Å². The summed E-state index contributed by atoms with van der Waals surface area (Å²) < 4.78 is 5.55. The third-order valence-electron chi connectivity index (χ3n) is 2.94. The van der Waals surface area contributed by atoms with Crippen molar-refractivity contribution in [2.75, 3.05) is 33.3 Å². The van der Waals surface area contributed by atoms with Crippen LogP contribution < -0.4 is 10.1 Å². The Labute approximate surface area is 111 Å². The minimum Gasteiger partial charge on any atom is -0.494 e. The SMILES string of the molecule is CCCOc1ccc(CNCCN(C)CC)cc1. The van der Waals surface area contributed by atoms with Crippen LogP contribution in [-0.4, -0.2) is 38.2 Å². The summed E-state index contributed by atoms with van der Waals surface area (Å²) in [7, 11) is 2.14. The highest BCUT2D eigenvalue weighted by molar-refractivity contribution is 5.27. The molecule has 1 aromatic carbocycles. The molecule has 1 N–H and O–H groups in total. The van der Waals surface area contributed by atoms with Gasteiger partial charge in [0.05, 0.1) is 6.61 Å². The van der Waals surface area contributed by atoms with Crippen LogP contribution in [-0.2, 0) is 6.54 Å². The maximum Gasteiger partial charge on any atom is 0.119 e. The van der Waals surface area contributed by atoms with Crippen LogP contribution in [0.4, 0.5) is 0 Å². The lowest BCUT2D eigenvalue weighted by Crippen LogP contribution is -2.28. The van der Waals surface area contributed by atoms with E-state index >= 15 is 0 Å². The first-order valence-electron chi connectivity index (χ1n) is 6.87. The van der Waals surface area contributed by atoms with Crippen molar-refractivity contribution in [3.05, 3.63) is 29.8 Å². The summed E-state index contributed by atoms with van der Waals surface area (Å²) >= 11 is 0. The predicted octanol–water partition coefficient (Wildman–Crippen LogP) is 2.52. The molecule has 3 heteroatoms. The van der Waals surface area contributed by atoms with Crippen LogP contribution in [0.15, 0.2) is 24.3 Å². The molecule has 0 aromatic heterocycles. The summed E-state index contributed by atoms with van der Waals surface area (Å²) in [6.07, 6.45) is 1.05. The van der Waals surface area contributed by atoms with Gasteiger partial charge in [-0.1, -0.05) is 26.0 Å². The highest BCUT2D eigenvalue weighted by Gasteiger charge is 1.96. The van der Waals surface area contributed by atoms with E-state index in [9.17, 15) is 0 Å². The van der Waals surface area contributed by atoms with Gasteiger partial charge in [-0.3, -0.25) is 0 Å². The lowest BCUT2D eigenvalue weighted by atomic mass is 10.2. The maximum atomic E-state index is 5.55. The number of rotatable bonds is 9. The molecule has 18 heavy (non-hydrogen) atoms. The number of hydrogen-bond donors (Lipinski definition) is 1. The van der Waals surface area contributed by atoms with Crippen molar-refractivity contribution < 1.29 is 4.74 Å². The van der Waals surface area contributed by atoms with Crippen LogP contribution in [0.1, 0.15) is 25.8 Å². The number of likely N-dealkylation sites (N-methyl/N-ethyl adjacent to an activating group) is 1. The topological polar surface area (TPSA) is 24.5 Å². The van der Waals surface area contributed by atoms with Gasteiger partial charge in [-0.15, -0.1) is 0 Å². The van der Waals surface area contributed by atoms with Gasteiger partial charge in [0.25, 0.3) is 0 Å². The van der Waals surface area contributed by atoms with E-state index in [2.05, 4.69) is 43.2 Å². The lowest BCUT2D eigenvalue weighted by Gasteiger charge is -2.14. The second-order valence-corrected chi connectivity index (χ2v) is 4.57. The predicted molar refractivity (Wildman–Crippen MR) is 77.1 cm³/mol. The van der Waals surface area contributed by atoms with E-state index in [0.717, 1.165) is 45.0 Å². The number of nitrogens with zero attached hydrogens (tertiary/aromatic N) is 1. The van der Waals surface area contributed by atoms with Gasteiger partial charge in [0.2, 0.25) is 0 Å². The van der Waals surface area contributed by atoms with Gasteiger partial charge in [0.15, 0.2) is 0 Å². The zero-order chi connectivity index (χ0) is 13.2. The molecule has 0 unspecified atom stereocenters. The van der Waals surface area contributed by atoms with Crippen LogP contribution in [0.2, 0.25) is 0 Å². The van der Waals surface area contributed by atoms with Crippen molar-refractivity contribution in [1.29, 1.82) is 0 Å². The number of hydrogen-bond acceptors (Lipinski definition) is 3. The van der Waals surface area contributed by atoms with E-state index < -0.39 is 0 Å². The van der Waals surface area contributed by atoms with Crippen LogP contribution in [0.3, 0.4) is 0 Å². The Balaban J connectivity index is 2.22. The molecule has 0 saturated heterocycles. The van der Waals surface area contributed by atoms with Gasteiger partial charge >= 0.3 is 0 Å². The molecular weight excluding hydrogens is 224 g/mol. The van der Waals surface area contributed by atoms with Crippen LogP contribution in [0, 0.1) is 0 Å². The summed E-state index contributed by atoms with van der Waals surface area (Å²) in [6, 6.07) is 8.35. The van der Waals surface area contributed by atoms with Gasteiger partial charge in [-0.05, 0) is 37.7 Å². The molecule has 0 heterocycles. The minimum absolute atomic E-state index is 0.793. The Bertz CT molecular complexity index is 311. The molecule has 0 saturated carbocycles. The van der Waals surface area contributed by atoms with E-state index in [1.54, 1.807) is 0 Å². The monoisotopic (exact) mass is 250 g/mol. The lowest BCUT2D eigenvalue weighted by molar-refractivity contribution is 0.317. The smallest absolute Gasteiger partial charge is 0.119 e. The molecule has 0 radical (unpaired) electrons. The highest BCUT2D eigenvalue weighted by atomic mass is 16.5. The fourth-order valence-electron chi connectivity index (χ4n) is 1.58. The zero-order valence-electron chi connectivity index (χ0n) is 11.9. The number of benzene rings is 1. The molecule has 1 rings (SSSR count). The van der Waals surface area contributed by atoms with Gasteiger partial charge in [-0.25, -0.2) is 0 Å². The maximum absolute atomic E-state index is 5.55. The molecule has 3 nitrogen and oxygen atoms in total. The van der Waals surface area contributed by atoms with Crippen molar-refractivity contribution >= 4 is 0 Å². The molecule has 0 aliphatic rings. The Morgan fingerprint density at radius 3 is 2.50 bits per heavy atom. The Hall–Kier alpha value is -1.06. The highest BCUT2D eigenvalue weighted by Crippen LogP contribution is 2.12. The number of ether oxygens (including phenoxy) is 1. The minimum atomic E-state index is 0.793. The second kappa shape index (κ2) is 8.95. The molecular formula is C15H26N2O. The zero-order valence-corrected chi connectivity index (χ0v) is 11.9. The van der Waals surface area contributed by atoms with E-state index in [-0.39, 0.29) is 0 Å². The molecule has 0 spiro atoms. The first kappa shape index (κ1) is 15.0. The van der Waals surface area contributed by atoms with Crippen molar-refractivity contribution in [3.63, 3.8) is 0 Å². The summed E-state index contributed by atoms with van der Waals surface area (Å²) in [5.41, 5.74) is 1.30. The van der Waals surface area contributed by atoms with E-state index in [1.807, 2.05) is 12.1 Å². The average molecular weight is 250 g/mol. The Morgan fingerprint density at radius 2 is 1.89 bits per heavy atom. The fourth-order valence-corrected chi connectivity index (χ4v) is 1.58. The van der Waals surface area contributed by atoms with E-state index in [0.29, 0.717) is 0 Å². The molecule has 0 atom stereocenters. The summed E-state index contributed by atoms with van der Waals surface area (Å²) in [5, 5.41) is 3.45. The largest absolute Gasteiger partial charge is 0.494 e. The Kier molecular flexibility index (Phi) is 7.46. The third kappa shape index (κ3) is 6.03. The van der Waals surface area contributed by atoms with Gasteiger partial charge in [0.1, 0.15) is 5.75 Å². The van der Waals surface area contributed by atoms with Crippen LogP contribution >= 0.6 is 0 Å². The summed E-state index contributed by atoms with van der Waals surface area (Å²) in [6.45, 7) is 9.23. The Morgan fingerprint density at radius 1 is 1.17 bits per heavy atom. The normalized spacial score (nSPS) is 10.9. The van der Waals surface area contributed by atoms with Crippen molar-refractivity contribution in [2.45, 2.75) is 26.8 Å². The van der Waals surface area contributed by atoms with E-state index in [4.69, 9.17) is 4.74 Å². The summed E-state index contributed by atoms with van der Waals surface area (Å²) in [4.78, 5) is 2.30. The second-order valence-electron chi connectivity index (χ2n) is 4.57. The van der Waals surface area contributed by atoms with Crippen molar-refractivity contribution in [2.24, 2.45) is 0 Å². The molecule has 0 aliphatic heterocycles. The molecule has 102 valence electrons. The average Bonchev–Trinajstić information content (AvgIpc) is 2.42. The van der Waals surface area contributed by atoms with Crippen LogP contribution in [0.5, 0.6) is 5.75 Å². The first-order valence-corrected chi connectivity index (χ1v) is 6.87.